The topological polar surface area (TPSA) is 90.7 Å². The Kier molecular flexibility index (Phi) is 3.35. The molecule has 2 fully saturated rings. The van der Waals surface area contributed by atoms with Crippen LogP contribution in [0.4, 0.5) is 0 Å². The minimum atomic E-state index is -0.990. The second-order valence-electron chi connectivity index (χ2n) is 6.00. The molecule has 1 amide bonds. The molecule has 0 spiro atoms. The first-order valence-corrected chi connectivity index (χ1v) is 6.56. The zero-order valence-electron chi connectivity index (χ0n) is 11.9. The molecule has 4 atom stereocenters. The second kappa shape index (κ2) is 4.45. The van der Waals surface area contributed by atoms with Crippen LogP contribution in [0.1, 0.15) is 27.2 Å². The lowest BCUT2D eigenvalue weighted by Gasteiger charge is -2.60. The van der Waals surface area contributed by atoms with Crippen LogP contribution in [0.25, 0.3) is 0 Å². The van der Waals surface area contributed by atoms with E-state index in [9.17, 15) is 9.59 Å². The van der Waals surface area contributed by atoms with Gasteiger partial charge in [-0.15, -0.1) is 0 Å². The van der Waals surface area contributed by atoms with Crippen molar-refractivity contribution in [1.29, 1.82) is 0 Å². The largest absolute Gasteiger partial charge is 0.467 e. The summed E-state index contributed by atoms with van der Waals surface area (Å²) in [7, 11) is 1.29. The Morgan fingerprint density at radius 1 is 1.47 bits per heavy atom. The molecule has 108 valence electrons. The Labute approximate surface area is 113 Å². The molecule has 6 heteroatoms. The molecule has 1 aliphatic heterocycles. The molecule has 19 heavy (non-hydrogen) atoms. The molecule has 2 rings (SSSR count). The average molecular weight is 270 g/mol. The van der Waals surface area contributed by atoms with Crippen molar-refractivity contribution in [2.45, 2.75) is 44.9 Å². The number of nitrogens with one attached hydrogen (secondary N) is 1. The molecule has 1 heterocycles. The standard InChI is InChI=1S/C13H22N2O4/c1-7(10(16)18-4)15-11(17)13(14)8-5-6-19-9(8)12(13,2)3/h7-9H,5-6,14H2,1-4H3,(H,15,17). The summed E-state index contributed by atoms with van der Waals surface area (Å²) in [5, 5.41) is 2.65. The van der Waals surface area contributed by atoms with Gasteiger partial charge in [-0.05, 0) is 13.3 Å². The number of carbonyl (C=O) groups is 2. The van der Waals surface area contributed by atoms with E-state index in [4.69, 9.17) is 10.5 Å². The van der Waals surface area contributed by atoms with E-state index >= 15 is 0 Å². The average Bonchev–Trinajstić information content (AvgIpc) is 2.84. The van der Waals surface area contributed by atoms with Crippen LogP contribution in [0.3, 0.4) is 0 Å². The van der Waals surface area contributed by atoms with Gasteiger partial charge in [-0.25, -0.2) is 4.79 Å². The number of carbonyl (C=O) groups excluding carboxylic acids is 2. The first kappa shape index (κ1) is 14.3. The minimum Gasteiger partial charge on any atom is -0.467 e. The summed E-state index contributed by atoms with van der Waals surface area (Å²) in [5.41, 5.74) is 4.93. The van der Waals surface area contributed by atoms with Gasteiger partial charge in [0.15, 0.2) is 0 Å². The van der Waals surface area contributed by atoms with Gasteiger partial charge < -0.3 is 20.5 Å². The second-order valence-corrected chi connectivity index (χ2v) is 6.00. The molecular formula is C13H22N2O4. The Balaban J connectivity index is 2.12. The fourth-order valence-corrected chi connectivity index (χ4v) is 3.40. The van der Waals surface area contributed by atoms with Crippen LogP contribution in [-0.4, -0.2) is 43.3 Å². The summed E-state index contributed by atoms with van der Waals surface area (Å²) in [4.78, 5) is 23.8. The number of hydrogen-bond acceptors (Lipinski definition) is 5. The smallest absolute Gasteiger partial charge is 0.328 e. The van der Waals surface area contributed by atoms with Crippen molar-refractivity contribution >= 4 is 11.9 Å². The quantitative estimate of drug-likeness (QED) is 0.693. The highest BCUT2D eigenvalue weighted by Crippen LogP contribution is 2.58. The third kappa shape index (κ3) is 1.77. The predicted octanol–water partition coefficient (Wildman–Crippen LogP) is -0.193. The maximum Gasteiger partial charge on any atom is 0.328 e. The molecule has 4 unspecified atom stereocenters. The van der Waals surface area contributed by atoms with Gasteiger partial charge in [0, 0.05) is 17.9 Å². The zero-order valence-corrected chi connectivity index (χ0v) is 11.9. The molecule has 0 radical (unpaired) electrons. The summed E-state index contributed by atoms with van der Waals surface area (Å²) in [6.45, 7) is 6.09. The minimum absolute atomic E-state index is 0.0207. The van der Waals surface area contributed by atoms with E-state index in [1.807, 2.05) is 13.8 Å². The van der Waals surface area contributed by atoms with E-state index in [1.165, 1.54) is 7.11 Å². The monoisotopic (exact) mass is 270 g/mol. The number of amides is 1. The normalized spacial score (nSPS) is 36.9. The van der Waals surface area contributed by atoms with E-state index in [0.717, 1.165) is 6.42 Å². The molecular weight excluding hydrogens is 248 g/mol. The molecule has 1 saturated carbocycles. The number of hydrogen-bond donors (Lipinski definition) is 2. The van der Waals surface area contributed by atoms with Crippen molar-refractivity contribution in [1.82, 2.24) is 5.32 Å². The fourth-order valence-electron chi connectivity index (χ4n) is 3.40. The van der Waals surface area contributed by atoms with E-state index in [0.29, 0.717) is 6.61 Å². The molecule has 6 nitrogen and oxygen atoms in total. The highest BCUT2D eigenvalue weighted by atomic mass is 16.5. The molecule has 0 aromatic heterocycles. The Morgan fingerprint density at radius 2 is 2.11 bits per heavy atom. The van der Waals surface area contributed by atoms with E-state index in [1.54, 1.807) is 6.92 Å². The van der Waals surface area contributed by atoms with Crippen molar-refractivity contribution in [2.75, 3.05) is 13.7 Å². The highest BCUT2D eigenvalue weighted by molar-refractivity contribution is 5.92. The lowest BCUT2D eigenvalue weighted by Crippen LogP contribution is -2.80. The zero-order chi connectivity index (χ0) is 14.4. The maximum atomic E-state index is 12.4. The van der Waals surface area contributed by atoms with Crippen molar-refractivity contribution in [3.63, 3.8) is 0 Å². The number of methoxy groups -OCH3 is 1. The number of esters is 1. The lowest BCUT2D eigenvalue weighted by molar-refractivity contribution is -0.176. The van der Waals surface area contributed by atoms with Crippen LogP contribution >= 0.6 is 0 Å². The molecule has 1 saturated heterocycles. The van der Waals surface area contributed by atoms with E-state index in [2.05, 4.69) is 10.1 Å². The third-order valence-corrected chi connectivity index (χ3v) is 4.73. The maximum absolute atomic E-state index is 12.4. The summed E-state index contributed by atoms with van der Waals surface area (Å²) >= 11 is 0. The number of fused-ring (bicyclic) bond motifs is 1. The SMILES string of the molecule is COC(=O)C(C)NC(=O)C1(N)C2CCOC2C1(C)C. The van der Waals surface area contributed by atoms with Gasteiger partial charge in [-0.3, -0.25) is 4.79 Å². The lowest BCUT2D eigenvalue weighted by atomic mass is 9.48. The molecule has 2 aliphatic rings. The molecule has 0 aromatic carbocycles. The van der Waals surface area contributed by atoms with Crippen molar-refractivity contribution in [3.05, 3.63) is 0 Å². The summed E-state index contributed by atoms with van der Waals surface area (Å²) in [6, 6.07) is -0.699. The molecule has 0 bridgehead atoms. The number of rotatable bonds is 3. The molecule has 0 aromatic rings. The van der Waals surface area contributed by atoms with Gasteiger partial charge in [0.25, 0.3) is 0 Å². The van der Waals surface area contributed by atoms with Gasteiger partial charge in [0.2, 0.25) is 5.91 Å². The first-order valence-electron chi connectivity index (χ1n) is 6.56. The number of ether oxygens (including phenoxy) is 2. The van der Waals surface area contributed by atoms with Gasteiger partial charge in [-0.1, -0.05) is 13.8 Å². The van der Waals surface area contributed by atoms with E-state index < -0.39 is 23.0 Å². The summed E-state index contributed by atoms with van der Waals surface area (Å²) in [6.07, 6.45) is 0.807. The predicted molar refractivity (Wildman–Crippen MR) is 68.2 cm³/mol. The molecule has 1 aliphatic carbocycles. The van der Waals surface area contributed by atoms with Crippen LogP contribution in [0.2, 0.25) is 0 Å². The van der Waals surface area contributed by atoms with Crippen LogP contribution < -0.4 is 11.1 Å². The third-order valence-electron chi connectivity index (χ3n) is 4.73. The first-order chi connectivity index (χ1) is 8.76. The Hall–Kier alpha value is -1.14. The Bertz CT molecular complexity index is 409. The van der Waals surface area contributed by atoms with Crippen LogP contribution in [0.15, 0.2) is 0 Å². The van der Waals surface area contributed by atoms with Crippen molar-refractivity contribution in [2.24, 2.45) is 17.1 Å². The highest BCUT2D eigenvalue weighted by Gasteiger charge is 2.71. The summed E-state index contributed by atoms with van der Waals surface area (Å²) in [5.74, 6) is -0.761. The van der Waals surface area contributed by atoms with E-state index in [-0.39, 0.29) is 17.9 Å². The van der Waals surface area contributed by atoms with Crippen LogP contribution in [-0.2, 0) is 19.1 Å². The fraction of sp³-hybridized carbons (Fsp3) is 0.846. The van der Waals surface area contributed by atoms with Gasteiger partial charge in [0.1, 0.15) is 11.6 Å². The van der Waals surface area contributed by atoms with Crippen molar-refractivity contribution in [3.8, 4) is 0 Å². The Morgan fingerprint density at radius 3 is 2.68 bits per heavy atom. The van der Waals surface area contributed by atoms with Gasteiger partial charge >= 0.3 is 5.97 Å². The number of nitrogens with two attached hydrogens (primary N) is 1. The molecule has 3 N–H and O–H groups in total. The van der Waals surface area contributed by atoms with Crippen LogP contribution in [0, 0.1) is 11.3 Å². The van der Waals surface area contributed by atoms with Gasteiger partial charge in [0.05, 0.1) is 13.2 Å². The van der Waals surface area contributed by atoms with Crippen LogP contribution in [0.5, 0.6) is 0 Å². The van der Waals surface area contributed by atoms with Crippen molar-refractivity contribution < 1.29 is 19.1 Å². The summed E-state index contributed by atoms with van der Waals surface area (Å²) < 4.78 is 10.2. The van der Waals surface area contributed by atoms with Gasteiger partial charge in [-0.2, -0.15) is 0 Å².